The molecule has 7 heteroatoms. The molecule has 4 nitrogen and oxygen atoms in total. The van der Waals surface area contributed by atoms with Gasteiger partial charge >= 0.3 is 5.97 Å². The van der Waals surface area contributed by atoms with Crippen molar-refractivity contribution in [2.75, 3.05) is 17.8 Å². The van der Waals surface area contributed by atoms with E-state index in [9.17, 15) is 4.79 Å². The number of carboxylic acid groups (broad SMARTS) is 1. The van der Waals surface area contributed by atoms with E-state index >= 15 is 0 Å². The highest BCUT2D eigenvalue weighted by Gasteiger charge is 2.19. The summed E-state index contributed by atoms with van der Waals surface area (Å²) < 4.78 is 3.34. The fourth-order valence-electron chi connectivity index (χ4n) is 2.20. The summed E-state index contributed by atoms with van der Waals surface area (Å²) in [6, 6.07) is 6.53. The molecular formula is C14H17IN2O2S2. The van der Waals surface area contributed by atoms with Gasteiger partial charge in [-0.2, -0.15) is 11.8 Å². The van der Waals surface area contributed by atoms with E-state index in [-0.39, 0.29) is 5.75 Å². The van der Waals surface area contributed by atoms with Gasteiger partial charge in [-0.25, -0.2) is 4.98 Å². The number of hydrogen-bond donors (Lipinski definition) is 1. The zero-order valence-corrected chi connectivity index (χ0v) is 15.7. The lowest BCUT2D eigenvalue weighted by molar-refractivity contribution is -0.133. The highest BCUT2D eigenvalue weighted by Crippen LogP contribution is 2.31. The summed E-state index contributed by atoms with van der Waals surface area (Å²) in [5, 5.41) is 9.72. The summed E-state index contributed by atoms with van der Waals surface area (Å²) in [7, 11) is 0. The molecule has 1 atom stereocenters. The average Bonchev–Trinajstić information content (AvgIpc) is 2.79. The monoisotopic (exact) mass is 436 g/mol. The summed E-state index contributed by atoms with van der Waals surface area (Å²) in [6.07, 6.45) is 3.09. The number of carboxylic acids is 1. The number of imidazole rings is 1. The highest BCUT2D eigenvalue weighted by atomic mass is 127. The maximum absolute atomic E-state index is 10.9. The Balaban J connectivity index is 2.50. The molecule has 0 fully saturated rings. The van der Waals surface area contributed by atoms with Crippen LogP contribution >= 0.6 is 46.1 Å². The van der Waals surface area contributed by atoms with Crippen LogP contribution in [0.2, 0.25) is 0 Å². The van der Waals surface area contributed by atoms with Crippen LogP contribution in [0.3, 0.4) is 0 Å². The van der Waals surface area contributed by atoms with Crippen LogP contribution in [0.15, 0.2) is 23.4 Å². The number of fused-ring (bicyclic) bond motifs is 1. The lowest BCUT2D eigenvalue weighted by atomic mass is 10.2. The van der Waals surface area contributed by atoms with E-state index in [0.717, 1.165) is 31.9 Å². The van der Waals surface area contributed by atoms with E-state index < -0.39 is 5.97 Å². The van der Waals surface area contributed by atoms with Crippen LogP contribution in [0.5, 0.6) is 0 Å². The molecule has 0 saturated heterocycles. The van der Waals surface area contributed by atoms with Gasteiger partial charge in [0.1, 0.15) is 0 Å². The molecule has 0 aliphatic rings. The Kier molecular flexibility index (Phi) is 6.24. The first-order valence-corrected chi connectivity index (χ1v) is 10.0. The SMILES string of the molecule is CCC(CSC)n1c(SCC(=O)O)nc2cc(I)ccc21. The molecule has 0 bridgehead atoms. The molecule has 114 valence electrons. The Morgan fingerprint density at radius 3 is 2.90 bits per heavy atom. The lowest BCUT2D eigenvalue weighted by Gasteiger charge is -2.19. The number of nitrogens with zero attached hydrogens (tertiary/aromatic N) is 2. The van der Waals surface area contributed by atoms with Crippen molar-refractivity contribution in [2.24, 2.45) is 0 Å². The third-order valence-electron chi connectivity index (χ3n) is 3.14. The van der Waals surface area contributed by atoms with E-state index in [0.29, 0.717) is 6.04 Å². The quantitative estimate of drug-likeness (QED) is 0.523. The Morgan fingerprint density at radius 1 is 1.52 bits per heavy atom. The Hall–Kier alpha value is -0.410. The summed E-state index contributed by atoms with van der Waals surface area (Å²) >= 11 is 5.37. The van der Waals surface area contributed by atoms with Crippen molar-refractivity contribution in [1.29, 1.82) is 0 Å². The number of benzene rings is 1. The zero-order valence-electron chi connectivity index (χ0n) is 11.9. The van der Waals surface area contributed by atoms with Gasteiger partial charge in [-0.15, -0.1) is 0 Å². The van der Waals surface area contributed by atoms with Crippen molar-refractivity contribution in [2.45, 2.75) is 24.5 Å². The third kappa shape index (κ3) is 4.07. The van der Waals surface area contributed by atoms with Gasteiger partial charge in [0.2, 0.25) is 0 Å². The van der Waals surface area contributed by atoms with Crippen LogP contribution in [0.1, 0.15) is 19.4 Å². The van der Waals surface area contributed by atoms with Crippen LogP contribution in [-0.2, 0) is 4.79 Å². The number of rotatable bonds is 7. The molecule has 0 spiro atoms. The second-order valence-electron chi connectivity index (χ2n) is 4.60. The molecule has 2 aromatic rings. The van der Waals surface area contributed by atoms with E-state index in [1.807, 2.05) is 6.07 Å². The number of carbonyl (C=O) groups is 1. The predicted molar refractivity (Wildman–Crippen MR) is 98.5 cm³/mol. The Labute approximate surface area is 146 Å². The normalized spacial score (nSPS) is 12.7. The molecule has 1 aromatic carbocycles. The van der Waals surface area contributed by atoms with E-state index in [2.05, 4.69) is 57.5 Å². The molecule has 1 heterocycles. The molecule has 0 saturated carbocycles. The molecule has 1 aromatic heterocycles. The maximum Gasteiger partial charge on any atom is 0.313 e. The standard InChI is InChI=1S/C14H17IN2O2S2/c1-3-10(7-20-2)17-12-5-4-9(15)6-11(12)16-14(17)21-8-13(18)19/h4-6,10H,3,7-8H2,1-2H3,(H,18,19). The fourth-order valence-corrected chi connectivity index (χ4v) is 4.24. The van der Waals surface area contributed by atoms with Gasteiger partial charge in [0.25, 0.3) is 0 Å². The van der Waals surface area contributed by atoms with Crippen LogP contribution in [0, 0.1) is 3.57 Å². The average molecular weight is 436 g/mol. The summed E-state index contributed by atoms with van der Waals surface area (Å²) in [4.78, 5) is 15.5. The smallest absolute Gasteiger partial charge is 0.313 e. The van der Waals surface area contributed by atoms with E-state index in [1.54, 1.807) is 11.8 Å². The van der Waals surface area contributed by atoms with Crippen molar-refractivity contribution in [1.82, 2.24) is 9.55 Å². The molecule has 0 amide bonds. The molecule has 2 rings (SSSR count). The number of aromatic nitrogens is 2. The number of aliphatic carboxylic acids is 1. The van der Waals surface area contributed by atoms with Gasteiger partial charge in [0, 0.05) is 15.4 Å². The van der Waals surface area contributed by atoms with Gasteiger partial charge in [0.15, 0.2) is 5.16 Å². The first-order valence-electron chi connectivity index (χ1n) is 6.57. The zero-order chi connectivity index (χ0) is 15.4. The molecule has 21 heavy (non-hydrogen) atoms. The predicted octanol–water partition coefficient (Wildman–Crippen LogP) is 4.13. The second kappa shape index (κ2) is 7.73. The van der Waals surface area contributed by atoms with Gasteiger partial charge in [-0.05, 0) is 53.5 Å². The van der Waals surface area contributed by atoms with Crippen molar-refractivity contribution in [3.63, 3.8) is 0 Å². The Morgan fingerprint density at radius 2 is 2.29 bits per heavy atom. The van der Waals surface area contributed by atoms with Crippen molar-refractivity contribution >= 4 is 63.1 Å². The molecule has 1 unspecified atom stereocenters. The molecule has 1 N–H and O–H groups in total. The highest BCUT2D eigenvalue weighted by molar-refractivity contribution is 14.1. The molecule has 0 aliphatic heterocycles. The minimum Gasteiger partial charge on any atom is -0.481 e. The van der Waals surface area contributed by atoms with E-state index in [1.165, 1.54) is 11.8 Å². The number of halogens is 1. The van der Waals surface area contributed by atoms with Crippen LogP contribution in [-0.4, -0.2) is 38.4 Å². The maximum atomic E-state index is 10.9. The second-order valence-corrected chi connectivity index (χ2v) is 7.70. The van der Waals surface area contributed by atoms with Gasteiger partial charge in [-0.3, -0.25) is 4.79 Å². The Bertz CT molecular complexity index is 645. The number of thioether (sulfide) groups is 2. The van der Waals surface area contributed by atoms with Crippen LogP contribution < -0.4 is 0 Å². The first-order chi connectivity index (χ1) is 10.1. The first kappa shape index (κ1) is 17.0. The summed E-state index contributed by atoms with van der Waals surface area (Å²) in [5.41, 5.74) is 2.03. The minimum absolute atomic E-state index is 0.0378. The molecule has 0 radical (unpaired) electrons. The molecular weight excluding hydrogens is 419 g/mol. The van der Waals surface area contributed by atoms with Gasteiger partial charge < -0.3 is 9.67 Å². The van der Waals surface area contributed by atoms with Gasteiger partial charge in [0.05, 0.1) is 16.8 Å². The minimum atomic E-state index is -0.814. The van der Waals surface area contributed by atoms with Crippen LogP contribution in [0.4, 0.5) is 0 Å². The summed E-state index contributed by atoms with van der Waals surface area (Å²) in [5.74, 6) is 0.219. The van der Waals surface area contributed by atoms with E-state index in [4.69, 9.17) is 5.11 Å². The lowest BCUT2D eigenvalue weighted by Crippen LogP contribution is -2.12. The summed E-state index contributed by atoms with van der Waals surface area (Å²) in [6.45, 7) is 2.16. The van der Waals surface area contributed by atoms with Gasteiger partial charge in [-0.1, -0.05) is 18.7 Å². The largest absolute Gasteiger partial charge is 0.481 e. The van der Waals surface area contributed by atoms with Crippen molar-refractivity contribution in [3.05, 3.63) is 21.8 Å². The topological polar surface area (TPSA) is 55.1 Å². The fraction of sp³-hybridized carbons (Fsp3) is 0.429. The van der Waals surface area contributed by atoms with Crippen molar-refractivity contribution in [3.8, 4) is 0 Å². The third-order valence-corrected chi connectivity index (χ3v) is 5.47. The number of hydrogen-bond acceptors (Lipinski definition) is 4. The van der Waals surface area contributed by atoms with Crippen LogP contribution in [0.25, 0.3) is 11.0 Å². The van der Waals surface area contributed by atoms with Crippen molar-refractivity contribution < 1.29 is 9.90 Å². The molecule has 0 aliphatic carbocycles.